The lowest BCUT2D eigenvalue weighted by Gasteiger charge is -2.29. The first-order valence-electron chi connectivity index (χ1n) is 6.01. The van der Waals surface area contributed by atoms with Crippen LogP contribution in [0.1, 0.15) is 40.5 Å². The zero-order valence-corrected chi connectivity index (χ0v) is 11.6. The molecule has 1 aromatic rings. The van der Waals surface area contributed by atoms with Gasteiger partial charge in [-0.15, -0.1) is 0 Å². The van der Waals surface area contributed by atoms with Gasteiger partial charge in [-0.05, 0) is 26.7 Å². The molecule has 0 amide bonds. The topological polar surface area (TPSA) is 46.9 Å². The summed E-state index contributed by atoms with van der Waals surface area (Å²) in [4.78, 5) is 11.8. The molecule has 0 saturated heterocycles. The Bertz CT molecular complexity index is 438. The van der Waals surface area contributed by atoms with Crippen molar-refractivity contribution in [3.05, 3.63) is 21.6 Å². The lowest BCUT2D eigenvalue weighted by Crippen LogP contribution is -2.34. The summed E-state index contributed by atoms with van der Waals surface area (Å²) in [6.07, 6.45) is 3.53. The molecular formula is C12H20ClN3O. The molecule has 1 rings (SSSR count). The number of halogens is 1. The SMILES string of the molecule is CCn1ncc(NC(C)(CC)CC)c(Cl)c1=O. The Morgan fingerprint density at radius 1 is 1.41 bits per heavy atom. The van der Waals surface area contributed by atoms with E-state index in [1.807, 2.05) is 6.92 Å². The monoisotopic (exact) mass is 257 g/mol. The maximum atomic E-state index is 11.8. The van der Waals surface area contributed by atoms with E-state index in [9.17, 15) is 4.79 Å². The van der Waals surface area contributed by atoms with Crippen molar-refractivity contribution in [3.8, 4) is 0 Å². The Hall–Kier alpha value is -1.03. The minimum absolute atomic E-state index is 0.0594. The maximum Gasteiger partial charge on any atom is 0.287 e. The predicted octanol–water partition coefficient (Wildman–Crippen LogP) is 2.91. The fourth-order valence-electron chi connectivity index (χ4n) is 1.53. The molecule has 0 radical (unpaired) electrons. The quantitative estimate of drug-likeness (QED) is 0.882. The lowest BCUT2D eigenvalue weighted by molar-refractivity contribution is 0.477. The largest absolute Gasteiger partial charge is 0.377 e. The third-order valence-corrected chi connectivity index (χ3v) is 3.65. The summed E-state index contributed by atoms with van der Waals surface area (Å²) in [7, 11) is 0. The van der Waals surface area contributed by atoms with Crippen molar-refractivity contribution in [1.29, 1.82) is 0 Å². The number of hydrogen-bond donors (Lipinski definition) is 1. The smallest absolute Gasteiger partial charge is 0.287 e. The summed E-state index contributed by atoms with van der Waals surface area (Å²) in [5.74, 6) is 0. The van der Waals surface area contributed by atoms with Gasteiger partial charge in [0.05, 0.1) is 11.9 Å². The van der Waals surface area contributed by atoms with E-state index in [0.29, 0.717) is 12.2 Å². The molecule has 0 bridgehead atoms. The van der Waals surface area contributed by atoms with Gasteiger partial charge >= 0.3 is 0 Å². The van der Waals surface area contributed by atoms with Crippen LogP contribution in [0.2, 0.25) is 5.02 Å². The highest BCUT2D eigenvalue weighted by molar-refractivity contribution is 6.32. The van der Waals surface area contributed by atoms with Gasteiger partial charge in [0.15, 0.2) is 0 Å². The molecule has 0 aromatic carbocycles. The van der Waals surface area contributed by atoms with Crippen molar-refractivity contribution in [3.63, 3.8) is 0 Å². The van der Waals surface area contributed by atoms with Crippen LogP contribution in [0.5, 0.6) is 0 Å². The van der Waals surface area contributed by atoms with Crippen molar-refractivity contribution in [2.45, 2.75) is 52.6 Å². The van der Waals surface area contributed by atoms with E-state index >= 15 is 0 Å². The number of nitrogens with zero attached hydrogens (tertiary/aromatic N) is 2. The zero-order valence-electron chi connectivity index (χ0n) is 10.9. The first kappa shape index (κ1) is 14.0. The second-order valence-electron chi connectivity index (χ2n) is 4.39. The highest BCUT2D eigenvalue weighted by Crippen LogP contribution is 2.24. The fourth-order valence-corrected chi connectivity index (χ4v) is 1.72. The molecule has 0 spiro atoms. The van der Waals surface area contributed by atoms with Crippen LogP contribution in [0, 0.1) is 0 Å². The van der Waals surface area contributed by atoms with Gasteiger partial charge in [0.25, 0.3) is 5.56 Å². The van der Waals surface area contributed by atoms with E-state index in [2.05, 4.69) is 31.2 Å². The molecule has 96 valence electrons. The summed E-state index contributed by atoms with van der Waals surface area (Å²) >= 11 is 6.06. The Kier molecular flexibility index (Phi) is 4.57. The number of aromatic nitrogens is 2. The summed E-state index contributed by atoms with van der Waals surface area (Å²) < 4.78 is 1.35. The number of nitrogens with one attached hydrogen (secondary N) is 1. The molecule has 0 fully saturated rings. The summed E-state index contributed by atoms with van der Waals surface area (Å²) in [5.41, 5.74) is 0.317. The molecule has 1 N–H and O–H groups in total. The predicted molar refractivity (Wildman–Crippen MR) is 71.8 cm³/mol. The van der Waals surface area contributed by atoms with E-state index in [-0.39, 0.29) is 16.1 Å². The van der Waals surface area contributed by atoms with Crippen molar-refractivity contribution in [2.75, 3.05) is 5.32 Å². The van der Waals surface area contributed by atoms with Crippen LogP contribution in [0.25, 0.3) is 0 Å². The third kappa shape index (κ3) is 3.00. The Balaban J connectivity index is 3.09. The maximum absolute atomic E-state index is 11.8. The first-order chi connectivity index (χ1) is 7.97. The minimum Gasteiger partial charge on any atom is -0.377 e. The number of anilines is 1. The van der Waals surface area contributed by atoms with Gasteiger partial charge in [-0.1, -0.05) is 25.4 Å². The zero-order chi connectivity index (χ0) is 13.1. The van der Waals surface area contributed by atoms with Crippen molar-refractivity contribution in [1.82, 2.24) is 9.78 Å². The van der Waals surface area contributed by atoms with E-state index in [1.165, 1.54) is 4.68 Å². The van der Waals surface area contributed by atoms with Gasteiger partial charge in [-0.2, -0.15) is 5.10 Å². The molecule has 0 unspecified atom stereocenters. The molecule has 17 heavy (non-hydrogen) atoms. The van der Waals surface area contributed by atoms with Gasteiger partial charge in [0.1, 0.15) is 5.02 Å². The van der Waals surface area contributed by atoms with E-state index in [4.69, 9.17) is 11.6 Å². The van der Waals surface area contributed by atoms with Gasteiger partial charge in [0, 0.05) is 12.1 Å². The van der Waals surface area contributed by atoms with Gasteiger partial charge in [0.2, 0.25) is 0 Å². The molecule has 1 aromatic heterocycles. The van der Waals surface area contributed by atoms with Crippen LogP contribution >= 0.6 is 11.6 Å². The van der Waals surface area contributed by atoms with Crippen LogP contribution in [0.15, 0.2) is 11.0 Å². The summed E-state index contributed by atoms with van der Waals surface area (Å²) in [6.45, 7) is 8.70. The molecule has 0 saturated carbocycles. The molecule has 4 nitrogen and oxygen atoms in total. The van der Waals surface area contributed by atoms with Crippen LogP contribution in [0.3, 0.4) is 0 Å². The summed E-state index contributed by atoms with van der Waals surface area (Å²) in [6, 6.07) is 0. The molecule has 5 heteroatoms. The van der Waals surface area contributed by atoms with Crippen LogP contribution in [-0.2, 0) is 6.54 Å². The van der Waals surface area contributed by atoms with Crippen molar-refractivity contribution < 1.29 is 0 Å². The number of rotatable bonds is 5. The Morgan fingerprint density at radius 3 is 2.47 bits per heavy atom. The fraction of sp³-hybridized carbons (Fsp3) is 0.667. The highest BCUT2D eigenvalue weighted by atomic mass is 35.5. The van der Waals surface area contributed by atoms with Crippen molar-refractivity contribution in [2.24, 2.45) is 0 Å². The van der Waals surface area contributed by atoms with E-state index < -0.39 is 0 Å². The number of hydrogen-bond acceptors (Lipinski definition) is 3. The second kappa shape index (κ2) is 5.54. The third-order valence-electron chi connectivity index (χ3n) is 3.28. The van der Waals surface area contributed by atoms with Crippen molar-refractivity contribution >= 4 is 17.3 Å². The molecule has 0 aliphatic heterocycles. The van der Waals surface area contributed by atoms with Crippen LogP contribution in [-0.4, -0.2) is 15.3 Å². The van der Waals surface area contributed by atoms with E-state index in [0.717, 1.165) is 12.8 Å². The average molecular weight is 258 g/mol. The van der Waals surface area contributed by atoms with Crippen LogP contribution in [0.4, 0.5) is 5.69 Å². The standard InChI is InChI=1S/C12H20ClN3O/c1-5-12(4,6-2)15-9-8-14-16(7-3)11(17)10(9)13/h8,15H,5-7H2,1-4H3. The molecular weight excluding hydrogens is 238 g/mol. The molecule has 1 heterocycles. The molecule has 0 aliphatic carbocycles. The molecule has 0 aliphatic rings. The average Bonchev–Trinajstić information content (AvgIpc) is 2.35. The van der Waals surface area contributed by atoms with Gasteiger partial charge < -0.3 is 5.32 Å². The lowest BCUT2D eigenvalue weighted by atomic mass is 9.95. The second-order valence-corrected chi connectivity index (χ2v) is 4.76. The minimum atomic E-state index is -0.242. The first-order valence-corrected chi connectivity index (χ1v) is 6.39. The van der Waals surface area contributed by atoms with Crippen LogP contribution < -0.4 is 10.9 Å². The Labute approximate surface area is 107 Å². The van der Waals surface area contributed by atoms with Gasteiger partial charge in [-0.25, -0.2) is 4.68 Å². The summed E-state index contributed by atoms with van der Waals surface area (Å²) in [5, 5.41) is 7.59. The van der Waals surface area contributed by atoms with Gasteiger partial charge in [-0.3, -0.25) is 4.79 Å². The van der Waals surface area contributed by atoms with E-state index in [1.54, 1.807) is 6.20 Å². The Morgan fingerprint density at radius 2 is 2.00 bits per heavy atom. The normalized spacial score (nSPS) is 11.6. The highest BCUT2D eigenvalue weighted by Gasteiger charge is 2.21. The number of aryl methyl sites for hydroxylation is 1. The molecule has 0 atom stereocenters.